The molecule has 0 amide bonds. The number of ether oxygens (including phenoxy) is 1. The number of rotatable bonds is 6. The van der Waals surface area contributed by atoms with Gasteiger partial charge in [-0.25, -0.2) is 9.18 Å². The minimum Gasteiger partial charge on any atom is -0.480 e. The third-order valence-electron chi connectivity index (χ3n) is 2.12. The lowest BCUT2D eigenvalue weighted by Crippen LogP contribution is -2.33. The van der Waals surface area contributed by atoms with Crippen molar-refractivity contribution in [3.63, 3.8) is 0 Å². The first-order chi connectivity index (χ1) is 8.45. The van der Waals surface area contributed by atoms with Crippen molar-refractivity contribution in [2.75, 3.05) is 19.0 Å². The lowest BCUT2D eigenvalue weighted by molar-refractivity contribution is -0.384. The van der Waals surface area contributed by atoms with Crippen LogP contribution in [0.2, 0.25) is 0 Å². The van der Waals surface area contributed by atoms with Crippen LogP contribution in [-0.4, -0.2) is 35.8 Å². The number of aliphatic carboxylic acids is 1. The molecule has 0 radical (unpaired) electrons. The Hall–Kier alpha value is -2.22. The van der Waals surface area contributed by atoms with E-state index in [-0.39, 0.29) is 12.3 Å². The van der Waals surface area contributed by atoms with Gasteiger partial charge in [-0.15, -0.1) is 0 Å². The van der Waals surface area contributed by atoms with Gasteiger partial charge in [-0.2, -0.15) is 0 Å². The number of nitrogens with one attached hydrogen (secondary N) is 1. The van der Waals surface area contributed by atoms with Gasteiger partial charge in [0.05, 0.1) is 17.6 Å². The quantitative estimate of drug-likeness (QED) is 0.588. The molecule has 0 saturated heterocycles. The predicted molar refractivity (Wildman–Crippen MR) is 60.0 cm³/mol. The number of nitrogens with zero attached hydrogens (tertiary/aromatic N) is 1. The van der Waals surface area contributed by atoms with Crippen molar-refractivity contribution in [3.8, 4) is 0 Å². The highest BCUT2D eigenvalue weighted by Crippen LogP contribution is 2.25. The molecule has 7 nitrogen and oxygen atoms in total. The van der Waals surface area contributed by atoms with Gasteiger partial charge in [-0.1, -0.05) is 0 Å². The molecule has 98 valence electrons. The number of anilines is 1. The second kappa shape index (κ2) is 5.92. The molecule has 1 atom stereocenters. The van der Waals surface area contributed by atoms with E-state index in [2.05, 4.69) is 10.1 Å². The molecular formula is C10H11FN2O5. The normalized spacial score (nSPS) is 11.9. The molecule has 0 saturated carbocycles. The summed E-state index contributed by atoms with van der Waals surface area (Å²) in [5.74, 6) is -2.00. The maximum absolute atomic E-state index is 12.9. The minimum atomic E-state index is -1.23. The molecule has 1 aromatic rings. The Morgan fingerprint density at radius 3 is 2.83 bits per heavy atom. The highest BCUT2D eigenvalue weighted by molar-refractivity contribution is 5.79. The summed E-state index contributed by atoms with van der Waals surface area (Å²) in [6.45, 7) is -0.177. The Labute approximate surface area is 101 Å². The van der Waals surface area contributed by atoms with Crippen molar-refractivity contribution in [2.24, 2.45) is 0 Å². The van der Waals surface area contributed by atoms with Crippen molar-refractivity contribution < 1.29 is 24.0 Å². The predicted octanol–water partition coefficient (Wildman–Crippen LogP) is 1.25. The molecule has 18 heavy (non-hydrogen) atoms. The number of methoxy groups -OCH3 is 1. The highest BCUT2D eigenvalue weighted by atomic mass is 19.1. The van der Waals surface area contributed by atoms with Gasteiger partial charge in [0, 0.05) is 7.11 Å². The van der Waals surface area contributed by atoms with E-state index in [1.807, 2.05) is 0 Å². The van der Waals surface area contributed by atoms with Crippen molar-refractivity contribution in [1.82, 2.24) is 0 Å². The molecule has 0 bridgehead atoms. The molecule has 1 unspecified atom stereocenters. The van der Waals surface area contributed by atoms with Crippen LogP contribution in [0, 0.1) is 15.9 Å². The van der Waals surface area contributed by atoms with E-state index in [9.17, 15) is 19.3 Å². The Kier molecular flexibility index (Phi) is 4.55. The number of nitro benzene ring substituents is 1. The van der Waals surface area contributed by atoms with Gasteiger partial charge in [-0.3, -0.25) is 10.1 Å². The van der Waals surface area contributed by atoms with Crippen LogP contribution in [-0.2, 0) is 9.53 Å². The lowest BCUT2D eigenvalue weighted by Gasteiger charge is -2.14. The molecule has 2 N–H and O–H groups in total. The van der Waals surface area contributed by atoms with Crippen LogP contribution in [0.25, 0.3) is 0 Å². The van der Waals surface area contributed by atoms with Crippen LogP contribution >= 0.6 is 0 Å². The van der Waals surface area contributed by atoms with Crippen molar-refractivity contribution in [3.05, 3.63) is 34.1 Å². The molecule has 1 rings (SSSR count). The Bertz CT molecular complexity index is 466. The van der Waals surface area contributed by atoms with E-state index in [1.54, 1.807) is 0 Å². The largest absolute Gasteiger partial charge is 0.480 e. The van der Waals surface area contributed by atoms with Crippen LogP contribution in [0.1, 0.15) is 0 Å². The molecule has 0 aliphatic heterocycles. The Balaban J connectivity index is 3.01. The SMILES string of the molecule is COCC(Nc1ccc(F)cc1[N+](=O)[O-])C(=O)O. The summed E-state index contributed by atoms with van der Waals surface area (Å²) < 4.78 is 17.6. The van der Waals surface area contributed by atoms with Crippen LogP contribution < -0.4 is 5.32 Å². The molecule has 8 heteroatoms. The third-order valence-corrected chi connectivity index (χ3v) is 2.12. The van der Waals surface area contributed by atoms with Crippen LogP contribution in [0.3, 0.4) is 0 Å². The van der Waals surface area contributed by atoms with E-state index in [4.69, 9.17) is 5.11 Å². The summed E-state index contributed by atoms with van der Waals surface area (Å²) in [5.41, 5.74) is -0.608. The highest BCUT2D eigenvalue weighted by Gasteiger charge is 2.22. The maximum Gasteiger partial charge on any atom is 0.328 e. The van der Waals surface area contributed by atoms with E-state index in [1.165, 1.54) is 7.11 Å². The topological polar surface area (TPSA) is 102 Å². The number of hydrogen-bond donors (Lipinski definition) is 2. The Morgan fingerprint density at radius 1 is 1.67 bits per heavy atom. The number of carboxylic acids is 1. The summed E-state index contributed by atoms with van der Waals surface area (Å²) in [7, 11) is 1.30. The molecule has 0 aliphatic carbocycles. The molecule has 0 heterocycles. The van der Waals surface area contributed by atoms with Crippen molar-refractivity contribution in [1.29, 1.82) is 0 Å². The van der Waals surface area contributed by atoms with E-state index >= 15 is 0 Å². The van der Waals surface area contributed by atoms with Crippen molar-refractivity contribution >= 4 is 17.3 Å². The van der Waals surface area contributed by atoms with Gasteiger partial charge >= 0.3 is 5.97 Å². The summed E-state index contributed by atoms with van der Waals surface area (Å²) >= 11 is 0. The van der Waals surface area contributed by atoms with Gasteiger partial charge in [0.1, 0.15) is 17.5 Å². The number of carbonyl (C=O) groups is 1. The lowest BCUT2D eigenvalue weighted by atomic mass is 10.2. The zero-order valence-electron chi connectivity index (χ0n) is 9.42. The smallest absolute Gasteiger partial charge is 0.328 e. The fourth-order valence-corrected chi connectivity index (χ4v) is 1.31. The number of hydrogen-bond acceptors (Lipinski definition) is 5. The van der Waals surface area contributed by atoms with Gasteiger partial charge in [0.25, 0.3) is 5.69 Å². The van der Waals surface area contributed by atoms with Gasteiger partial charge in [-0.05, 0) is 12.1 Å². The van der Waals surface area contributed by atoms with Gasteiger partial charge in [0.15, 0.2) is 0 Å². The molecule has 1 aromatic carbocycles. The molecule has 0 spiro atoms. The maximum atomic E-state index is 12.9. The standard InChI is InChI=1S/C10H11FN2O5/c1-18-5-8(10(14)15)12-7-3-2-6(11)4-9(7)13(16)17/h2-4,8,12H,5H2,1H3,(H,14,15). The number of nitro groups is 1. The summed E-state index contributed by atoms with van der Waals surface area (Å²) in [5, 5.41) is 22.0. The number of benzene rings is 1. The first-order valence-corrected chi connectivity index (χ1v) is 4.88. The molecular weight excluding hydrogens is 247 g/mol. The first-order valence-electron chi connectivity index (χ1n) is 4.88. The summed E-state index contributed by atoms with van der Waals surface area (Å²) in [6, 6.07) is 1.67. The van der Waals surface area contributed by atoms with Crippen molar-refractivity contribution in [2.45, 2.75) is 6.04 Å². The molecule has 0 aliphatic rings. The average Bonchev–Trinajstić information content (AvgIpc) is 2.30. The molecule has 0 fully saturated rings. The fourth-order valence-electron chi connectivity index (χ4n) is 1.31. The van der Waals surface area contributed by atoms with Gasteiger partial charge < -0.3 is 15.2 Å². The monoisotopic (exact) mass is 258 g/mol. The summed E-state index contributed by atoms with van der Waals surface area (Å²) in [4.78, 5) is 20.8. The second-order valence-electron chi connectivity index (χ2n) is 3.41. The minimum absolute atomic E-state index is 0.0779. The number of carboxylic acid groups (broad SMARTS) is 1. The van der Waals surface area contributed by atoms with E-state index < -0.39 is 28.4 Å². The fraction of sp³-hybridized carbons (Fsp3) is 0.300. The number of halogens is 1. The summed E-state index contributed by atoms with van der Waals surface area (Å²) in [6.07, 6.45) is 0. The zero-order valence-corrected chi connectivity index (χ0v) is 9.42. The second-order valence-corrected chi connectivity index (χ2v) is 3.41. The van der Waals surface area contributed by atoms with Crippen LogP contribution in [0.15, 0.2) is 18.2 Å². The van der Waals surface area contributed by atoms with Gasteiger partial charge in [0.2, 0.25) is 0 Å². The Morgan fingerprint density at radius 2 is 2.33 bits per heavy atom. The average molecular weight is 258 g/mol. The first kappa shape index (κ1) is 13.8. The zero-order chi connectivity index (χ0) is 13.7. The van der Waals surface area contributed by atoms with Crippen LogP contribution in [0.5, 0.6) is 0 Å². The van der Waals surface area contributed by atoms with Crippen LogP contribution in [0.4, 0.5) is 15.8 Å². The van der Waals surface area contributed by atoms with E-state index in [0.29, 0.717) is 6.07 Å². The molecule has 0 aromatic heterocycles. The third kappa shape index (κ3) is 3.39. The van der Waals surface area contributed by atoms with E-state index in [0.717, 1.165) is 12.1 Å².